The van der Waals surface area contributed by atoms with Crippen molar-refractivity contribution in [2.75, 3.05) is 13.2 Å². The van der Waals surface area contributed by atoms with Crippen LogP contribution in [0.4, 0.5) is 0 Å². The highest BCUT2D eigenvalue weighted by atomic mass is 32.2. The van der Waals surface area contributed by atoms with Crippen molar-refractivity contribution in [2.45, 2.75) is 24.3 Å². The van der Waals surface area contributed by atoms with Crippen LogP contribution >= 0.6 is 11.3 Å². The monoisotopic (exact) mass is 305 g/mol. The van der Waals surface area contributed by atoms with Crippen molar-refractivity contribution < 1.29 is 23.1 Å². The second-order valence-corrected chi connectivity index (χ2v) is 7.11. The summed E-state index contributed by atoms with van der Waals surface area (Å²) in [6, 6.07) is 1.17. The zero-order valence-electron chi connectivity index (χ0n) is 10.3. The summed E-state index contributed by atoms with van der Waals surface area (Å²) in [5, 5.41) is 10.1. The van der Waals surface area contributed by atoms with Gasteiger partial charge in [0.15, 0.2) is 0 Å². The molecule has 0 amide bonds. The fourth-order valence-corrected chi connectivity index (χ4v) is 4.12. The predicted octanol–water partition coefficient (Wildman–Crippen LogP) is 1.15. The Morgan fingerprint density at radius 1 is 1.63 bits per heavy atom. The van der Waals surface area contributed by atoms with Gasteiger partial charge in [-0.3, -0.25) is 0 Å². The molecule has 2 rings (SSSR count). The minimum absolute atomic E-state index is 0.00136. The Morgan fingerprint density at radius 2 is 2.37 bits per heavy atom. The molecule has 0 bridgehead atoms. The number of nitrogens with one attached hydrogen (secondary N) is 1. The van der Waals surface area contributed by atoms with Gasteiger partial charge in [-0.25, -0.2) is 17.9 Å². The highest BCUT2D eigenvalue weighted by molar-refractivity contribution is 7.89. The Labute approximate surface area is 115 Å². The van der Waals surface area contributed by atoms with Crippen molar-refractivity contribution in [2.24, 2.45) is 5.92 Å². The van der Waals surface area contributed by atoms with Crippen molar-refractivity contribution in [3.63, 3.8) is 0 Å². The molecular weight excluding hydrogens is 290 g/mol. The first-order valence-corrected chi connectivity index (χ1v) is 8.19. The van der Waals surface area contributed by atoms with Crippen LogP contribution in [0.25, 0.3) is 0 Å². The van der Waals surface area contributed by atoms with E-state index in [2.05, 4.69) is 4.72 Å². The lowest BCUT2D eigenvalue weighted by atomic mass is 10.0. The number of carbonyl (C=O) groups is 1. The second-order valence-electron chi connectivity index (χ2n) is 4.43. The Bertz CT molecular complexity index is 565. The van der Waals surface area contributed by atoms with E-state index in [4.69, 9.17) is 9.84 Å². The molecule has 2 atom stereocenters. The largest absolute Gasteiger partial charge is 0.477 e. The Hall–Kier alpha value is -0.960. The molecular formula is C11H15NO5S2. The topological polar surface area (TPSA) is 92.7 Å². The minimum Gasteiger partial charge on any atom is -0.477 e. The minimum atomic E-state index is -3.64. The zero-order valence-corrected chi connectivity index (χ0v) is 12.0. The first-order valence-electron chi connectivity index (χ1n) is 5.83. The lowest BCUT2D eigenvalue weighted by molar-refractivity contribution is 0.0702. The fraction of sp³-hybridized carbons (Fsp3) is 0.545. The maximum Gasteiger partial charge on any atom is 0.345 e. The molecule has 106 valence electrons. The SMILES string of the molecule is CC1OCCC1CNS(=O)(=O)c1csc(C(=O)O)c1. The van der Waals surface area contributed by atoms with Crippen LogP contribution in [0.2, 0.25) is 0 Å². The second kappa shape index (κ2) is 5.58. The van der Waals surface area contributed by atoms with Crippen molar-refractivity contribution in [1.82, 2.24) is 4.72 Å². The van der Waals surface area contributed by atoms with Gasteiger partial charge >= 0.3 is 5.97 Å². The molecule has 19 heavy (non-hydrogen) atoms. The normalized spacial score (nSPS) is 23.6. The molecule has 6 nitrogen and oxygen atoms in total. The standard InChI is InChI=1S/C11H15NO5S2/c1-7-8(2-3-17-7)5-12-19(15,16)9-4-10(11(13)14)18-6-9/h4,6-8,12H,2-3,5H2,1H3,(H,13,14). The van der Waals surface area contributed by atoms with E-state index in [1.54, 1.807) is 0 Å². The van der Waals surface area contributed by atoms with E-state index in [0.717, 1.165) is 17.8 Å². The maximum absolute atomic E-state index is 12.0. The molecule has 2 N–H and O–H groups in total. The first kappa shape index (κ1) is 14.4. The van der Waals surface area contributed by atoms with Gasteiger partial charge in [0, 0.05) is 24.4 Å². The lowest BCUT2D eigenvalue weighted by Gasteiger charge is -2.14. The van der Waals surface area contributed by atoms with Crippen molar-refractivity contribution in [3.05, 3.63) is 16.3 Å². The number of hydrogen-bond donors (Lipinski definition) is 2. The molecule has 1 aromatic rings. The highest BCUT2D eigenvalue weighted by Gasteiger charge is 2.26. The average Bonchev–Trinajstić information content (AvgIpc) is 2.95. The van der Waals surface area contributed by atoms with Crippen molar-refractivity contribution in [1.29, 1.82) is 0 Å². The number of ether oxygens (including phenoxy) is 1. The van der Waals surface area contributed by atoms with E-state index in [1.165, 1.54) is 11.4 Å². The molecule has 2 heterocycles. The molecule has 1 fully saturated rings. The quantitative estimate of drug-likeness (QED) is 0.851. The summed E-state index contributed by atoms with van der Waals surface area (Å²) in [6.07, 6.45) is 0.869. The van der Waals surface area contributed by atoms with Gasteiger partial charge < -0.3 is 9.84 Å². The number of carboxylic acid groups (broad SMARTS) is 1. The third-order valence-corrected chi connectivity index (χ3v) is 5.64. The van der Waals surface area contributed by atoms with E-state index in [0.29, 0.717) is 13.2 Å². The van der Waals surface area contributed by atoms with Crippen LogP contribution in [-0.4, -0.2) is 38.7 Å². The van der Waals surface area contributed by atoms with Gasteiger partial charge in [0.2, 0.25) is 10.0 Å². The van der Waals surface area contributed by atoms with Gasteiger partial charge in [0.25, 0.3) is 0 Å². The number of rotatable bonds is 5. The molecule has 1 saturated heterocycles. The highest BCUT2D eigenvalue weighted by Crippen LogP contribution is 2.22. The van der Waals surface area contributed by atoms with Crippen molar-refractivity contribution >= 4 is 27.3 Å². The van der Waals surface area contributed by atoms with Crippen LogP contribution in [-0.2, 0) is 14.8 Å². The molecule has 0 aromatic carbocycles. The van der Waals surface area contributed by atoms with Crippen LogP contribution in [0.3, 0.4) is 0 Å². The summed E-state index contributed by atoms with van der Waals surface area (Å²) >= 11 is 0.900. The molecule has 1 aromatic heterocycles. The summed E-state index contributed by atoms with van der Waals surface area (Å²) in [5.74, 6) is -0.961. The molecule has 8 heteroatoms. The summed E-state index contributed by atoms with van der Waals surface area (Å²) in [5.41, 5.74) is 0. The Morgan fingerprint density at radius 3 is 2.89 bits per heavy atom. The molecule has 0 spiro atoms. The fourth-order valence-electron chi connectivity index (χ4n) is 1.92. The predicted molar refractivity (Wildman–Crippen MR) is 70.0 cm³/mol. The van der Waals surface area contributed by atoms with E-state index < -0.39 is 16.0 Å². The van der Waals surface area contributed by atoms with E-state index in [9.17, 15) is 13.2 Å². The number of carboxylic acids is 1. The number of sulfonamides is 1. The van der Waals surface area contributed by atoms with Crippen LogP contribution in [0.15, 0.2) is 16.3 Å². The zero-order chi connectivity index (χ0) is 14.0. The van der Waals surface area contributed by atoms with Crippen LogP contribution < -0.4 is 4.72 Å². The smallest absolute Gasteiger partial charge is 0.345 e. The first-order chi connectivity index (χ1) is 8.90. The van der Waals surface area contributed by atoms with Crippen LogP contribution in [0.1, 0.15) is 23.0 Å². The van der Waals surface area contributed by atoms with Gasteiger partial charge in [-0.2, -0.15) is 0 Å². The average molecular weight is 305 g/mol. The van der Waals surface area contributed by atoms with E-state index in [1.807, 2.05) is 6.92 Å². The molecule has 0 saturated carbocycles. The van der Waals surface area contributed by atoms with Gasteiger partial charge in [0.05, 0.1) is 11.0 Å². The summed E-state index contributed by atoms with van der Waals surface area (Å²) in [6.45, 7) is 2.87. The Balaban J connectivity index is 2.03. The van der Waals surface area contributed by atoms with Gasteiger partial charge in [-0.05, 0) is 19.4 Å². The number of hydrogen-bond acceptors (Lipinski definition) is 5. The van der Waals surface area contributed by atoms with Crippen LogP contribution in [0.5, 0.6) is 0 Å². The molecule has 2 unspecified atom stereocenters. The van der Waals surface area contributed by atoms with Crippen molar-refractivity contribution in [3.8, 4) is 0 Å². The van der Waals surface area contributed by atoms with Gasteiger partial charge in [-0.15, -0.1) is 11.3 Å². The summed E-state index contributed by atoms with van der Waals surface area (Å²) < 4.78 is 31.9. The summed E-state index contributed by atoms with van der Waals surface area (Å²) in [7, 11) is -3.64. The number of aromatic carboxylic acids is 1. The molecule has 1 aliphatic rings. The van der Waals surface area contributed by atoms with Gasteiger partial charge in [0.1, 0.15) is 4.88 Å². The lowest BCUT2D eigenvalue weighted by Crippen LogP contribution is -2.31. The molecule has 0 radical (unpaired) electrons. The van der Waals surface area contributed by atoms with Crippen LogP contribution in [0, 0.1) is 5.92 Å². The molecule has 1 aliphatic heterocycles. The third kappa shape index (κ3) is 3.33. The molecule has 0 aliphatic carbocycles. The maximum atomic E-state index is 12.0. The Kier molecular flexibility index (Phi) is 4.24. The van der Waals surface area contributed by atoms with Gasteiger partial charge in [-0.1, -0.05) is 0 Å². The third-order valence-electron chi connectivity index (χ3n) is 3.17. The summed E-state index contributed by atoms with van der Waals surface area (Å²) in [4.78, 5) is 10.7. The van der Waals surface area contributed by atoms with E-state index >= 15 is 0 Å². The number of thiophene rings is 1. The van der Waals surface area contributed by atoms with E-state index in [-0.39, 0.29) is 21.8 Å².